The van der Waals surface area contributed by atoms with Crippen molar-refractivity contribution in [3.63, 3.8) is 0 Å². The molecule has 0 saturated carbocycles. The van der Waals surface area contributed by atoms with Gasteiger partial charge < -0.3 is 60.2 Å². The van der Waals surface area contributed by atoms with E-state index in [1.165, 1.54) is 56.3 Å². The molecule has 4 aromatic heterocycles. The quantitative estimate of drug-likeness (QED) is 0.0371. The van der Waals surface area contributed by atoms with Crippen LogP contribution < -0.4 is 44.0 Å². The van der Waals surface area contributed by atoms with Gasteiger partial charge in [-0.1, -0.05) is 114 Å². The number of aromatic nitrogens is 3. The summed E-state index contributed by atoms with van der Waals surface area (Å²) in [6.45, 7) is 3.60. The second-order valence-corrected chi connectivity index (χ2v) is 22.0. The van der Waals surface area contributed by atoms with Crippen molar-refractivity contribution in [1.29, 1.82) is 0 Å². The summed E-state index contributed by atoms with van der Waals surface area (Å²) in [5.74, 6) is -5.95. The molecule has 4 heterocycles. The molecule has 0 radical (unpaired) electrons. The molecule has 2 unspecified atom stereocenters. The fourth-order valence-corrected chi connectivity index (χ4v) is 9.79. The van der Waals surface area contributed by atoms with E-state index in [2.05, 4.69) is 9.73 Å². The van der Waals surface area contributed by atoms with Crippen molar-refractivity contribution in [3.05, 3.63) is 231 Å². The van der Waals surface area contributed by atoms with E-state index >= 15 is 0 Å². The molecular weight excluding hydrogens is 1340 g/mol. The number of pyridine rings is 3. The van der Waals surface area contributed by atoms with E-state index in [0.717, 1.165) is 17.4 Å². The Morgan fingerprint density at radius 3 is 1.28 bits per heavy atom. The number of carbonyl (C=O) groups is 4. The van der Waals surface area contributed by atoms with Crippen LogP contribution in [-0.4, -0.2) is 90.0 Å². The Labute approximate surface area is 555 Å². The van der Waals surface area contributed by atoms with Gasteiger partial charge in [-0.2, -0.15) is 26.3 Å². The number of nitrogens with one attached hydrogen (secondary N) is 3. The van der Waals surface area contributed by atoms with Crippen LogP contribution in [-0.2, 0) is 45.2 Å². The highest BCUT2D eigenvalue weighted by atomic mass is 35.5. The molecule has 0 saturated heterocycles. The summed E-state index contributed by atoms with van der Waals surface area (Å²) >= 11 is 23.7. The van der Waals surface area contributed by atoms with Gasteiger partial charge in [0.15, 0.2) is 0 Å². The third kappa shape index (κ3) is 19.3. The van der Waals surface area contributed by atoms with Gasteiger partial charge in [-0.15, -0.1) is 0 Å². The number of benzene rings is 6. The Morgan fingerprint density at radius 2 is 0.874 bits per heavy atom. The van der Waals surface area contributed by atoms with E-state index in [4.69, 9.17) is 72.6 Å². The lowest BCUT2D eigenvalue weighted by Gasteiger charge is -2.16. The molecule has 95 heavy (non-hydrogen) atoms. The zero-order valence-corrected chi connectivity index (χ0v) is 52.8. The van der Waals surface area contributed by atoms with E-state index in [1.807, 2.05) is 67.6 Å². The molecular formula is C65H59Cl4F6N7O13. The molecule has 0 aliphatic carbocycles. The molecule has 0 spiro atoms. The fraction of sp³-hybridized carbons (Fsp3) is 0.200. The largest absolute Gasteiger partial charge is 0.481 e. The second-order valence-electron chi connectivity index (χ2n) is 20.3. The number of aliphatic hydroxyl groups is 3. The van der Waals surface area contributed by atoms with Crippen LogP contribution in [0.5, 0.6) is 0 Å². The Kier molecular flexibility index (Phi) is 26.3. The van der Waals surface area contributed by atoms with E-state index in [9.17, 15) is 64.7 Å². The molecule has 10 aromatic rings. The lowest BCUT2D eigenvalue weighted by molar-refractivity contribution is -0.167. The normalized spacial score (nSPS) is 11.7. The number of nitrogen functional groups attached to an aromatic ring is 1. The van der Waals surface area contributed by atoms with Crippen LogP contribution in [0.2, 0.25) is 20.1 Å². The number of carboxylic acids is 1. The molecule has 0 fully saturated rings. The maximum Gasteiger partial charge on any atom is 0.471 e. The highest BCUT2D eigenvalue weighted by Crippen LogP contribution is 2.35. The summed E-state index contributed by atoms with van der Waals surface area (Å²) in [5, 5.41) is 44.6. The van der Waals surface area contributed by atoms with Crippen molar-refractivity contribution < 1.29 is 71.8 Å². The van der Waals surface area contributed by atoms with E-state index < -0.39 is 41.3 Å². The van der Waals surface area contributed by atoms with Gasteiger partial charge >= 0.3 is 35.8 Å². The minimum atomic E-state index is -5.07. The maximum absolute atomic E-state index is 12.7. The SMILES string of the molecule is CC(C(=O)Nc1c(Cl)ccc2c(=O)n(CCO)ccc12)c1ccccc1.CC(Cc1ccccc1)C(=O)O.Nc1c(Cl)ccc2c(=O)n(CCO)ccc12.O=C(Nc1c(Cl)ccc2c(=O)n(CCO)ccc12)C(F)(F)F.O=C(Nc1c(Cl)ccc2c(=O)occc12)C(F)(F)F.[HH]. The number of aliphatic hydroxyl groups excluding tert-OH is 3. The molecule has 3 amide bonds. The Morgan fingerprint density at radius 1 is 0.505 bits per heavy atom. The minimum absolute atomic E-state index is 0. The average molecular weight is 1400 g/mol. The summed E-state index contributed by atoms with van der Waals surface area (Å²) in [7, 11) is 0. The highest BCUT2D eigenvalue weighted by molar-refractivity contribution is 6.37. The lowest BCUT2D eigenvalue weighted by atomic mass is 10.00. The predicted octanol–water partition coefficient (Wildman–Crippen LogP) is 11.9. The fourth-order valence-electron chi connectivity index (χ4n) is 8.99. The molecule has 0 aliphatic heterocycles. The Bertz CT molecular complexity index is 4680. The number of hydrogen-bond acceptors (Lipinski definition) is 13. The van der Waals surface area contributed by atoms with Crippen LogP contribution in [0.4, 0.5) is 49.1 Å². The van der Waals surface area contributed by atoms with Gasteiger partial charge in [0.2, 0.25) is 5.91 Å². The van der Waals surface area contributed by atoms with Crippen LogP contribution in [0.25, 0.3) is 43.1 Å². The number of hydrogen-bond donors (Lipinski definition) is 8. The average Bonchev–Trinajstić information content (AvgIpc) is 0.831. The van der Waals surface area contributed by atoms with Gasteiger partial charge in [-0.05, 0) is 97.3 Å². The first kappa shape index (κ1) is 74.5. The molecule has 10 rings (SSSR count). The number of nitrogens with two attached hydrogens (primary N) is 1. The third-order valence-electron chi connectivity index (χ3n) is 13.9. The van der Waals surface area contributed by atoms with Crippen LogP contribution in [0.1, 0.15) is 32.3 Å². The van der Waals surface area contributed by atoms with Crippen molar-refractivity contribution in [1.82, 2.24) is 13.7 Å². The molecule has 30 heteroatoms. The van der Waals surface area contributed by atoms with Crippen LogP contribution in [0, 0.1) is 5.92 Å². The first-order valence-electron chi connectivity index (χ1n) is 28.1. The van der Waals surface area contributed by atoms with Crippen molar-refractivity contribution >= 4 is 136 Å². The Hall–Kier alpha value is -9.54. The topological polar surface area (TPSA) is 308 Å². The monoisotopic (exact) mass is 1400 g/mol. The number of halogens is 10. The molecule has 9 N–H and O–H groups in total. The Balaban J connectivity index is 0.000000221. The summed E-state index contributed by atoms with van der Waals surface area (Å²) in [6.07, 6.45) is -4.01. The number of fused-ring (bicyclic) bond motifs is 4. The first-order chi connectivity index (χ1) is 44.9. The molecule has 20 nitrogen and oxygen atoms in total. The van der Waals surface area contributed by atoms with E-state index in [-0.39, 0.29) is 113 Å². The van der Waals surface area contributed by atoms with Gasteiger partial charge in [-0.25, -0.2) is 4.79 Å². The number of alkyl halides is 6. The van der Waals surface area contributed by atoms with Gasteiger partial charge in [0.05, 0.1) is 86.1 Å². The molecule has 0 bridgehead atoms. The van der Waals surface area contributed by atoms with E-state index in [1.54, 1.807) is 66.3 Å². The molecule has 502 valence electrons. The zero-order valence-electron chi connectivity index (χ0n) is 49.8. The minimum Gasteiger partial charge on any atom is -0.481 e. The van der Waals surface area contributed by atoms with Crippen LogP contribution in [0.3, 0.4) is 0 Å². The smallest absolute Gasteiger partial charge is 0.471 e. The lowest BCUT2D eigenvalue weighted by Crippen LogP contribution is -2.30. The van der Waals surface area contributed by atoms with Crippen LogP contribution >= 0.6 is 46.4 Å². The molecule has 0 aliphatic rings. The summed E-state index contributed by atoms with van der Waals surface area (Å²) in [4.78, 5) is 93.1. The van der Waals surface area contributed by atoms with E-state index in [0.29, 0.717) is 49.4 Å². The third-order valence-corrected chi connectivity index (χ3v) is 15.2. The van der Waals surface area contributed by atoms with Gasteiger partial charge in [0, 0.05) is 77.4 Å². The van der Waals surface area contributed by atoms with Crippen molar-refractivity contribution in [2.75, 3.05) is 41.5 Å². The van der Waals surface area contributed by atoms with Crippen molar-refractivity contribution in [2.45, 2.75) is 58.2 Å². The molecule has 2 atom stereocenters. The zero-order chi connectivity index (χ0) is 70.1. The number of rotatable bonds is 14. The summed E-state index contributed by atoms with van der Waals surface area (Å²) < 4.78 is 82.4. The summed E-state index contributed by atoms with van der Waals surface area (Å²) in [5.41, 5.74) is 6.36. The van der Waals surface area contributed by atoms with Crippen molar-refractivity contribution in [3.8, 4) is 0 Å². The van der Waals surface area contributed by atoms with Gasteiger partial charge in [-0.3, -0.25) is 33.6 Å². The maximum atomic E-state index is 12.7. The number of carboxylic acid groups (broad SMARTS) is 1. The summed E-state index contributed by atoms with van der Waals surface area (Å²) in [6, 6.07) is 36.7. The number of nitrogens with zero attached hydrogens (tertiary/aromatic N) is 3. The van der Waals surface area contributed by atoms with Gasteiger partial charge in [0.1, 0.15) is 0 Å². The number of aliphatic carboxylic acids is 1. The van der Waals surface area contributed by atoms with Crippen molar-refractivity contribution in [2.24, 2.45) is 5.92 Å². The second kappa shape index (κ2) is 33.5. The first-order valence-corrected chi connectivity index (χ1v) is 29.6. The standard InChI is InChI=1S/C20H19ClN2O3.C13H10ClF3N2O3.C11H5ClF3NO3.C11H11ClN2O2.C10H12O2.H2/c1-13(14-5-3-2-4-6-14)19(25)22-18-15-9-10-23(11-12-24)20(26)16(15)7-8-17(18)21;14-9-2-1-8-7(3-4-19(5-6-20)11(8)21)10(9)18-12(22)13(15,16)17;12-7-2-1-6-5(3-4-19-9(6)17)8(7)16-10(18)11(13,14)15;12-9-2-1-8-7(10(9)13)3-4-14(5-6-15)11(8)16;1-8(10(11)12)7-9-5-3-2-4-6-9;/h2-10,13,24H,11-12H2,1H3,(H,22,25);1-4,20H,5-6H2,(H,18,22);1-4H,(H,16,18);1-4,15H,5-6,13H2;2-6,8H,7H2,1H3,(H,11,12);1H. The predicted molar refractivity (Wildman–Crippen MR) is 355 cm³/mol. The highest BCUT2D eigenvalue weighted by Gasteiger charge is 2.40. The number of carbonyl (C=O) groups excluding carboxylic acids is 3. The van der Waals surface area contributed by atoms with Gasteiger partial charge in [0.25, 0.3) is 16.7 Å². The van der Waals surface area contributed by atoms with Crippen LogP contribution in [0.15, 0.2) is 182 Å². The number of amides is 3. The molecule has 6 aromatic carbocycles. The number of anilines is 4.